The van der Waals surface area contributed by atoms with Gasteiger partial charge in [-0.2, -0.15) is 5.26 Å². The molecule has 0 aliphatic carbocycles. The van der Waals surface area contributed by atoms with Crippen molar-refractivity contribution in [3.8, 4) is 6.07 Å². The molecule has 4 nitrogen and oxygen atoms in total. The van der Waals surface area contributed by atoms with E-state index in [2.05, 4.69) is 0 Å². The number of rotatable bonds is 4. The van der Waals surface area contributed by atoms with Crippen LogP contribution in [0.15, 0.2) is 12.1 Å². The van der Waals surface area contributed by atoms with Crippen molar-refractivity contribution in [2.24, 2.45) is 0 Å². The number of ether oxygens (including phenoxy) is 1. The Morgan fingerprint density at radius 2 is 2.29 bits per heavy atom. The second kappa shape index (κ2) is 6.24. The molecule has 17 heavy (non-hydrogen) atoms. The minimum atomic E-state index is -0.409. The van der Waals surface area contributed by atoms with Gasteiger partial charge in [-0.05, 0) is 30.2 Å². The molecule has 0 saturated heterocycles. The van der Waals surface area contributed by atoms with Gasteiger partial charge in [0, 0.05) is 5.02 Å². The first kappa shape index (κ1) is 13.5. The van der Waals surface area contributed by atoms with Crippen molar-refractivity contribution < 1.29 is 14.6 Å². The molecule has 0 saturated carbocycles. The molecule has 0 radical (unpaired) electrons. The molecule has 0 aromatic heterocycles. The largest absolute Gasteiger partial charge is 0.466 e. The van der Waals surface area contributed by atoms with Gasteiger partial charge in [-0.15, -0.1) is 0 Å². The molecular formula is C12H12ClNO3. The first-order chi connectivity index (χ1) is 8.12. The summed E-state index contributed by atoms with van der Waals surface area (Å²) in [6.07, 6.45) is -0.00568. The normalized spacial score (nSPS) is 9.76. The third-order valence-corrected chi connectivity index (χ3v) is 2.55. The second-order valence-electron chi connectivity index (χ2n) is 3.35. The molecule has 0 spiro atoms. The Bertz CT molecular complexity index is 466. The van der Waals surface area contributed by atoms with E-state index < -0.39 is 5.97 Å². The van der Waals surface area contributed by atoms with Crippen molar-refractivity contribution in [1.29, 1.82) is 5.26 Å². The first-order valence-corrected chi connectivity index (χ1v) is 5.48. The van der Waals surface area contributed by atoms with Gasteiger partial charge in [0.25, 0.3) is 0 Å². The van der Waals surface area contributed by atoms with Gasteiger partial charge in [-0.1, -0.05) is 11.6 Å². The van der Waals surface area contributed by atoms with E-state index in [1.54, 1.807) is 6.92 Å². The molecule has 5 heteroatoms. The lowest BCUT2D eigenvalue weighted by molar-refractivity contribution is -0.142. The van der Waals surface area contributed by atoms with Crippen LogP contribution in [-0.2, 0) is 22.6 Å². The number of esters is 1. The van der Waals surface area contributed by atoms with Crippen LogP contribution in [0.4, 0.5) is 0 Å². The average molecular weight is 254 g/mol. The van der Waals surface area contributed by atoms with Gasteiger partial charge >= 0.3 is 5.97 Å². The van der Waals surface area contributed by atoms with Crippen LogP contribution in [0.2, 0.25) is 5.02 Å². The number of carbonyl (C=O) groups excluding carboxylic acids is 1. The third-order valence-electron chi connectivity index (χ3n) is 2.21. The molecular weight excluding hydrogens is 242 g/mol. The fraction of sp³-hybridized carbons (Fsp3) is 0.333. The van der Waals surface area contributed by atoms with Gasteiger partial charge < -0.3 is 9.84 Å². The zero-order valence-corrected chi connectivity index (χ0v) is 10.1. The Morgan fingerprint density at radius 1 is 1.59 bits per heavy atom. The summed E-state index contributed by atoms with van der Waals surface area (Å²) in [7, 11) is 0. The minimum Gasteiger partial charge on any atom is -0.466 e. The summed E-state index contributed by atoms with van der Waals surface area (Å²) in [6.45, 7) is 1.73. The highest BCUT2D eigenvalue weighted by atomic mass is 35.5. The summed E-state index contributed by atoms with van der Waals surface area (Å²) in [4.78, 5) is 11.4. The van der Waals surface area contributed by atoms with Gasteiger partial charge in [0.1, 0.15) is 0 Å². The molecule has 0 bridgehead atoms. The average Bonchev–Trinajstić information content (AvgIpc) is 2.31. The van der Waals surface area contributed by atoms with E-state index in [0.29, 0.717) is 28.3 Å². The number of halogens is 1. The standard InChI is InChI=1S/C12H12ClNO3/c1-2-17-12(16)5-10-9(7-15)3-8(6-14)4-11(10)13/h3-4,15H,2,5,7H2,1H3. The molecule has 1 aromatic carbocycles. The lowest BCUT2D eigenvalue weighted by atomic mass is 10.0. The third kappa shape index (κ3) is 3.45. The molecule has 0 aliphatic rings. The molecule has 0 amide bonds. The summed E-state index contributed by atoms with van der Waals surface area (Å²) in [5, 5.41) is 18.2. The predicted octanol–water partition coefficient (Wildman–Crippen LogP) is 1.81. The van der Waals surface area contributed by atoms with Crippen molar-refractivity contribution in [1.82, 2.24) is 0 Å². The Hall–Kier alpha value is -1.57. The molecule has 1 rings (SSSR count). The number of nitriles is 1. The van der Waals surface area contributed by atoms with E-state index in [4.69, 9.17) is 21.6 Å². The Morgan fingerprint density at radius 3 is 2.82 bits per heavy atom. The minimum absolute atomic E-state index is 0.00568. The highest BCUT2D eigenvalue weighted by Gasteiger charge is 2.13. The lowest BCUT2D eigenvalue weighted by Gasteiger charge is -2.09. The van der Waals surface area contributed by atoms with Crippen molar-refractivity contribution in [2.45, 2.75) is 20.0 Å². The maximum atomic E-state index is 11.4. The number of carbonyl (C=O) groups is 1. The Kier molecular flexibility index (Phi) is 4.95. The fourth-order valence-corrected chi connectivity index (χ4v) is 1.76. The predicted molar refractivity (Wildman–Crippen MR) is 62.4 cm³/mol. The fourth-order valence-electron chi connectivity index (χ4n) is 1.45. The van der Waals surface area contributed by atoms with Gasteiger partial charge in [-0.25, -0.2) is 0 Å². The number of hydrogen-bond acceptors (Lipinski definition) is 4. The summed E-state index contributed by atoms with van der Waals surface area (Å²) in [5.41, 5.74) is 1.33. The summed E-state index contributed by atoms with van der Waals surface area (Å²) in [6, 6.07) is 4.92. The molecule has 1 aromatic rings. The summed E-state index contributed by atoms with van der Waals surface area (Å²) in [5.74, 6) is -0.409. The number of hydrogen-bond donors (Lipinski definition) is 1. The van der Waals surface area contributed by atoms with E-state index in [-0.39, 0.29) is 13.0 Å². The van der Waals surface area contributed by atoms with Gasteiger partial charge in [-0.3, -0.25) is 4.79 Å². The van der Waals surface area contributed by atoms with Crippen LogP contribution in [0, 0.1) is 11.3 Å². The summed E-state index contributed by atoms with van der Waals surface area (Å²) >= 11 is 5.97. The quantitative estimate of drug-likeness (QED) is 0.831. The van der Waals surface area contributed by atoms with Crippen LogP contribution < -0.4 is 0 Å². The van der Waals surface area contributed by atoms with E-state index in [9.17, 15) is 9.90 Å². The highest BCUT2D eigenvalue weighted by Crippen LogP contribution is 2.23. The monoisotopic (exact) mass is 253 g/mol. The van der Waals surface area contributed by atoms with Crippen molar-refractivity contribution in [2.75, 3.05) is 6.61 Å². The molecule has 1 N–H and O–H groups in total. The van der Waals surface area contributed by atoms with Crippen molar-refractivity contribution >= 4 is 17.6 Å². The van der Waals surface area contributed by atoms with Crippen LogP contribution in [0.25, 0.3) is 0 Å². The van der Waals surface area contributed by atoms with Crippen LogP contribution >= 0.6 is 11.6 Å². The molecule has 0 heterocycles. The lowest BCUT2D eigenvalue weighted by Crippen LogP contribution is -2.10. The first-order valence-electron chi connectivity index (χ1n) is 5.10. The van der Waals surface area contributed by atoms with E-state index in [1.807, 2.05) is 6.07 Å². The van der Waals surface area contributed by atoms with Crippen LogP contribution in [-0.4, -0.2) is 17.7 Å². The molecule has 0 unspecified atom stereocenters. The zero-order valence-electron chi connectivity index (χ0n) is 9.36. The van der Waals surface area contributed by atoms with Crippen LogP contribution in [0.3, 0.4) is 0 Å². The Balaban J connectivity index is 3.06. The van der Waals surface area contributed by atoms with E-state index in [1.165, 1.54) is 12.1 Å². The summed E-state index contributed by atoms with van der Waals surface area (Å²) < 4.78 is 4.81. The SMILES string of the molecule is CCOC(=O)Cc1c(Cl)cc(C#N)cc1CO. The molecule has 90 valence electrons. The van der Waals surface area contributed by atoms with Crippen LogP contribution in [0.1, 0.15) is 23.6 Å². The number of aliphatic hydroxyl groups excluding tert-OH is 1. The van der Waals surface area contributed by atoms with Gasteiger partial charge in [0.15, 0.2) is 0 Å². The second-order valence-corrected chi connectivity index (χ2v) is 3.75. The topological polar surface area (TPSA) is 70.3 Å². The van der Waals surface area contributed by atoms with Crippen molar-refractivity contribution in [3.63, 3.8) is 0 Å². The highest BCUT2D eigenvalue weighted by molar-refractivity contribution is 6.31. The van der Waals surface area contributed by atoms with Gasteiger partial charge in [0.2, 0.25) is 0 Å². The zero-order chi connectivity index (χ0) is 12.8. The van der Waals surface area contributed by atoms with E-state index >= 15 is 0 Å². The Labute approximate surface area is 104 Å². The van der Waals surface area contributed by atoms with Crippen LogP contribution in [0.5, 0.6) is 0 Å². The maximum Gasteiger partial charge on any atom is 0.310 e. The number of benzene rings is 1. The maximum absolute atomic E-state index is 11.4. The molecule has 0 fully saturated rings. The van der Waals surface area contributed by atoms with Crippen molar-refractivity contribution in [3.05, 3.63) is 33.8 Å². The molecule has 0 atom stereocenters. The van der Waals surface area contributed by atoms with E-state index in [0.717, 1.165) is 0 Å². The smallest absolute Gasteiger partial charge is 0.310 e. The number of nitrogens with zero attached hydrogens (tertiary/aromatic N) is 1. The molecule has 0 aliphatic heterocycles. The van der Waals surface area contributed by atoms with Gasteiger partial charge in [0.05, 0.1) is 31.3 Å². The number of aliphatic hydroxyl groups is 1.